The number of fused-ring (bicyclic) bond motifs is 2. The van der Waals surface area contributed by atoms with Gasteiger partial charge in [-0.25, -0.2) is 9.97 Å². The number of rotatable bonds is 16. The van der Waals surface area contributed by atoms with Crippen molar-refractivity contribution >= 4 is 62.4 Å². The fourth-order valence-corrected chi connectivity index (χ4v) is 5.71. The van der Waals surface area contributed by atoms with Crippen molar-refractivity contribution in [1.29, 1.82) is 0 Å². The van der Waals surface area contributed by atoms with E-state index in [0.29, 0.717) is 67.9 Å². The van der Waals surface area contributed by atoms with Gasteiger partial charge in [-0.15, -0.1) is 11.3 Å². The molecule has 15 nitrogen and oxygen atoms in total. The van der Waals surface area contributed by atoms with E-state index < -0.39 is 11.9 Å². The lowest BCUT2D eigenvalue weighted by Crippen LogP contribution is -2.52. The summed E-state index contributed by atoms with van der Waals surface area (Å²) in [6, 6.07) is 4.57. The average molecular weight is 627 g/mol. The molecule has 6 N–H and O–H groups in total. The quantitative estimate of drug-likeness (QED) is 0.0848. The number of nitrogens with zero attached hydrogens (tertiary/aromatic N) is 3. The Morgan fingerprint density at radius 3 is 2.66 bits per heavy atom. The number of nitrogens with two attached hydrogens (primary N) is 1. The molecule has 16 heteroatoms. The number of nitrogens with one attached hydrogen (secondary N) is 4. The number of amides is 4. The minimum absolute atomic E-state index is 0.0837. The van der Waals surface area contributed by atoms with Crippen LogP contribution in [0.3, 0.4) is 0 Å². The van der Waals surface area contributed by atoms with Crippen LogP contribution in [0.4, 0.5) is 17.2 Å². The van der Waals surface area contributed by atoms with E-state index in [0.717, 1.165) is 10.2 Å². The smallest absolute Gasteiger partial charge is 0.255 e. The molecule has 3 aromatic rings. The van der Waals surface area contributed by atoms with Crippen LogP contribution in [0.5, 0.6) is 0 Å². The zero-order chi connectivity index (χ0) is 30.9. The van der Waals surface area contributed by atoms with E-state index in [2.05, 4.69) is 31.2 Å². The SMILES string of the molecule is NCOCCOCCOCCNC(=O)CNc1c(Nc2ncnc3sccc23)ccc2c1CN(C1CCC(=O)NC1=O)C2=O. The van der Waals surface area contributed by atoms with Crippen molar-refractivity contribution < 1.29 is 33.4 Å². The largest absolute Gasteiger partial charge is 0.377 e. The zero-order valence-electron chi connectivity index (χ0n) is 23.9. The van der Waals surface area contributed by atoms with Crippen molar-refractivity contribution in [2.45, 2.75) is 25.4 Å². The predicted octanol–water partition coefficient (Wildman–Crippen LogP) is 0.690. The summed E-state index contributed by atoms with van der Waals surface area (Å²) >= 11 is 1.49. The molecule has 2 aliphatic rings. The molecule has 44 heavy (non-hydrogen) atoms. The molecule has 1 aromatic carbocycles. The number of ether oxygens (including phenoxy) is 3. The minimum Gasteiger partial charge on any atom is -0.377 e. The molecule has 0 bridgehead atoms. The molecule has 0 radical (unpaired) electrons. The Morgan fingerprint density at radius 1 is 1.07 bits per heavy atom. The molecular weight excluding hydrogens is 592 g/mol. The fourth-order valence-electron chi connectivity index (χ4n) is 4.98. The first-order valence-electron chi connectivity index (χ1n) is 14.2. The van der Waals surface area contributed by atoms with Gasteiger partial charge in [0, 0.05) is 30.6 Å². The lowest BCUT2D eigenvalue weighted by atomic mass is 10.0. The highest BCUT2D eigenvalue weighted by Crippen LogP contribution is 2.39. The van der Waals surface area contributed by atoms with Crippen LogP contribution in [0.2, 0.25) is 0 Å². The van der Waals surface area contributed by atoms with Gasteiger partial charge in [-0.05, 0) is 30.0 Å². The lowest BCUT2D eigenvalue weighted by Gasteiger charge is -2.29. The molecule has 2 aromatic heterocycles. The normalized spacial score (nSPS) is 16.2. The fraction of sp³-hybridized carbons (Fsp3) is 0.429. The number of thiophene rings is 1. The minimum atomic E-state index is -0.767. The molecule has 4 amide bonds. The molecule has 1 fully saturated rings. The second kappa shape index (κ2) is 15.0. The number of carbonyl (C=O) groups is 4. The third kappa shape index (κ3) is 7.46. The standard InChI is InChI=1S/C28H34N8O7S/c29-15-43-11-10-42-9-8-41-7-6-30-23(38)13-31-24-19-14-36(21-3-4-22(37)35-26(21)39)28(40)17(19)1-2-20(24)34-25-18-5-12-44-27(18)33-16-32-25/h1-2,5,12,16,21,31H,3-4,6-11,13-15,29H2,(H,30,38)(H,32,33,34)(H,35,37,39). The maximum atomic E-state index is 13.4. The van der Waals surface area contributed by atoms with Gasteiger partial charge in [0.1, 0.15) is 23.0 Å². The Hall–Kier alpha value is -4.22. The number of aromatic nitrogens is 2. The van der Waals surface area contributed by atoms with Crippen LogP contribution in [-0.4, -0.2) is 97.4 Å². The van der Waals surface area contributed by atoms with Gasteiger partial charge in [-0.2, -0.15) is 0 Å². The second-order valence-corrected chi connectivity index (χ2v) is 10.8. The predicted molar refractivity (Wildman–Crippen MR) is 161 cm³/mol. The first kappa shape index (κ1) is 31.2. The molecule has 0 saturated carbocycles. The van der Waals surface area contributed by atoms with Crippen LogP contribution in [-0.2, 0) is 35.1 Å². The Kier molecular flexibility index (Phi) is 10.6. The highest BCUT2D eigenvalue weighted by molar-refractivity contribution is 7.16. The summed E-state index contributed by atoms with van der Waals surface area (Å²) in [4.78, 5) is 61.4. The third-order valence-corrected chi connectivity index (χ3v) is 7.91. The Balaban J connectivity index is 1.25. The van der Waals surface area contributed by atoms with E-state index >= 15 is 0 Å². The Labute approximate surface area is 256 Å². The van der Waals surface area contributed by atoms with Crippen LogP contribution >= 0.6 is 11.3 Å². The first-order valence-corrected chi connectivity index (χ1v) is 15.0. The van der Waals surface area contributed by atoms with Crippen molar-refractivity contribution in [3.05, 3.63) is 41.0 Å². The zero-order valence-corrected chi connectivity index (χ0v) is 24.7. The number of carbonyl (C=O) groups excluding carboxylic acids is 4. The summed E-state index contributed by atoms with van der Waals surface area (Å²) in [5.41, 5.74) is 7.42. The molecule has 234 valence electrons. The van der Waals surface area contributed by atoms with Gasteiger partial charge in [0.2, 0.25) is 17.7 Å². The van der Waals surface area contributed by atoms with E-state index in [-0.39, 0.29) is 50.4 Å². The molecule has 1 unspecified atom stereocenters. The molecule has 4 heterocycles. The van der Waals surface area contributed by atoms with Gasteiger partial charge in [-0.3, -0.25) is 24.5 Å². The van der Waals surface area contributed by atoms with Crippen molar-refractivity contribution in [2.75, 3.05) is 63.5 Å². The topological polar surface area (TPSA) is 199 Å². The summed E-state index contributed by atoms with van der Waals surface area (Å²) in [6.07, 6.45) is 1.86. The van der Waals surface area contributed by atoms with E-state index in [9.17, 15) is 19.2 Å². The number of piperidine rings is 1. The lowest BCUT2D eigenvalue weighted by molar-refractivity contribution is -0.137. The van der Waals surface area contributed by atoms with E-state index in [1.54, 1.807) is 12.1 Å². The summed E-state index contributed by atoms with van der Waals surface area (Å²) in [7, 11) is 0. The number of hydrogen-bond acceptors (Lipinski definition) is 13. The average Bonchev–Trinajstić information content (AvgIpc) is 3.63. The van der Waals surface area contributed by atoms with Gasteiger partial charge < -0.3 is 40.8 Å². The van der Waals surface area contributed by atoms with Crippen molar-refractivity contribution in [2.24, 2.45) is 5.73 Å². The first-order chi connectivity index (χ1) is 21.5. The van der Waals surface area contributed by atoms with Gasteiger partial charge in [0.25, 0.3) is 5.91 Å². The number of benzene rings is 1. The summed E-state index contributed by atoms with van der Waals surface area (Å²) in [5, 5.41) is 14.4. The van der Waals surface area contributed by atoms with Gasteiger partial charge in [0.15, 0.2) is 0 Å². The monoisotopic (exact) mass is 626 g/mol. The third-order valence-electron chi connectivity index (χ3n) is 7.09. The molecule has 0 spiro atoms. The van der Waals surface area contributed by atoms with Crippen LogP contribution in [0.15, 0.2) is 29.9 Å². The number of anilines is 3. The maximum Gasteiger partial charge on any atom is 0.255 e. The van der Waals surface area contributed by atoms with Crippen LogP contribution in [0, 0.1) is 0 Å². The Bertz CT molecular complexity index is 1520. The van der Waals surface area contributed by atoms with Gasteiger partial charge in [-0.1, -0.05) is 0 Å². The van der Waals surface area contributed by atoms with Crippen LogP contribution in [0.25, 0.3) is 10.2 Å². The van der Waals surface area contributed by atoms with Crippen molar-refractivity contribution in [3.8, 4) is 0 Å². The van der Waals surface area contributed by atoms with Gasteiger partial charge in [0.05, 0.1) is 63.1 Å². The summed E-state index contributed by atoms with van der Waals surface area (Å²) in [5.74, 6) is -0.871. The summed E-state index contributed by atoms with van der Waals surface area (Å²) in [6.45, 7) is 2.42. The molecule has 1 atom stereocenters. The number of imide groups is 1. The van der Waals surface area contributed by atoms with E-state index in [1.165, 1.54) is 22.6 Å². The van der Waals surface area contributed by atoms with Gasteiger partial charge >= 0.3 is 0 Å². The van der Waals surface area contributed by atoms with E-state index in [1.807, 2.05) is 11.4 Å². The Morgan fingerprint density at radius 2 is 1.86 bits per heavy atom. The molecule has 0 aliphatic carbocycles. The maximum absolute atomic E-state index is 13.4. The van der Waals surface area contributed by atoms with E-state index in [4.69, 9.17) is 19.9 Å². The molecule has 5 rings (SSSR count). The highest BCUT2D eigenvalue weighted by atomic mass is 32.1. The number of hydrogen-bond donors (Lipinski definition) is 5. The molecule has 1 saturated heterocycles. The van der Waals surface area contributed by atoms with Crippen molar-refractivity contribution in [1.82, 2.24) is 25.5 Å². The highest BCUT2D eigenvalue weighted by Gasteiger charge is 2.40. The molecular formula is C28H34N8O7S. The second-order valence-electron chi connectivity index (χ2n) is 9.90. The molecule has 2 aliphatic heterocycles. The van der Waals surface area contributed by atoms with Crippen LogP contribution < -0.4 is 27.0 Å². The van der Waals surface area contributed by atoms with Crippen LogP contribution in [0.1, 0.15) is 28.8 Å². The summed E-state index contributed by atoms with van der Waals surface area (Å²) < 4.78 is 15.8. The van der Waals surface area contributed by atoms with Crippen molar-refractivity contribution in [3.63, 3.8) is 0 Å².